The molecule has 0 rings (SSSR count). The number of hydrogen-bond donors (Lipinski definition) is 2. The zero-order chi connectivity index (χ0) is 11.4. The molecule has 0 amide bonds. The molecule has 2 N–H and O–H groups in total. The van der Waals surface area contributed by atoms with Gasteiger partial charge in [0.25, 0.3) is 10.1 Å². The van der Waals surface area contributed by atoms with Crippen LogP contribution in [0.15, 0.2) is 0 Å². The van der Waals surface area contributed by atoms with Gasteiger partial charge in [-0.3, -0.25) is 4.18 Å². The van der Waals surface area contributed by atoms with Crippen LogP contribution in [0, 0.1) is 0 Å². The van der Waals surface area contributed by atoms with Gasteiger partial charge < -0.3 is 10.4 Å². The molecule has 0 spiro atoms. The Morgan fingerprint density at radius 1 is 1.36 bits per heavy atom. The third kappa shape index (κ3) is 14.4. The Morgan fingerprint density at radius 2 is 1.86 bits per heavy atom. The summed E-state index contributed by atoms with van der Waals surface area (Å²) in [5, 5.41) is 11.1. The van der Waals surface area contributed by atoms with Crippen molar-refractivity contribution in [2.45, 2.75) is 19.8 Å². The molecule has 6 heteroatoms. The van der Waals surface area contributed by atoms with Gasteiger partial charge in [-0.1, -0.05) is 6.92 Å². The smallest absolute Gasteiger partial charge is 0.267 e. The Hall–Kier alpha value is -0.170. The molecular formula is C8H21NO4S. The number of rotatable bonds is 6. The highest BCUT2D eigenvalue weighted by Crippen LogP contribution is 1.96. The molecule has 0 atom stereocenters. The molecule has 0 fully saturated rings. The minimum atomic E-state index is -3.37. The second kappa shape index (κ2) is 10.9. The van der Waals surface area contributed by atoms with Crippen LogP contribution in [0.5, 0.6) is 0 Å². The SMILES string of the molecule is CCCOS(=O)(=O)CCCO.CNC. The molecular weight excluding hydrogens is 206 g/mol. The summed E-state index contributed by atoms with van der Waals surface area (Å²) in [7, 11) is 0.384. The van der Waals surface area contributed by atoms with Crippen molar-refractivity contribution in [2.75, 3.05) is 33.1 Å². The molecule has 0 radical (unpaired) electrons. The molecule has 0 aromatic rings. The van der Waals surface area contributed by atoms with E-state index in [9.17, 15) is 8.42 Å². The second-order valence-electron chi connectivity index (χ2n) is 2.66. The predicted octanol–water partition coefficient (Wildman–Crippen LogP) is -0.0392. The van der Waals surface area contributed by atoms with Crippen LogP contribution in [0.25, 0.3) is 0 Å². The minimum Gasteiger partial charge on any atom is -0.396 e. The lowest BCUT2D eigenvalue weighted by atomic mass is 10.5. The first kappa shape index (κ1) is 16.3. The van der Waals surface area contributed by atoms with E-state index < -0.39 is 10.1 Å². The van der Waals surface area contributed by atoms with E-state index in [1.54, 1.807) is 0 Å². The molecule has 14 heavy (non-hydrogen) atoms. The summed E-state index contributed by atoms with van der Waals surface area (Å²) < 4.78 is 26.2. The average molecular weight is 227 g/mol. The molecule has 0 saturated carbocycles. The van der Waals surface area contributed by atoms with Crippen molar-refractivity contribution in [3.05, 3.63) is 0 Å². The first-order valence-electron chi connectivity index (χ1n) is 4.60. The van der Waals surface area contributed by atoms with Gasteiger partial charge in [-0.15, -0.1) is 0 Å². The highest BCUT2D eigenvalue weighted by Gasteiger charge is 2.08. The van der Waals surface area contributed by atoms with Crippen LogP contribution in [0.3, 0.4) is 0 Å². The lowest BCUT2D eigenvalue weighted by Gasteiger charge is -2.01. The zero-order valence-corrected chi connectivity index (χ0v) is 9.93. The lowest BCUT2D eigenvalue weighted by Crippen LogP contribution is -2.12. The quantitative estimate of drug-likeness (QED) is 0.623. The van der Waals surface area contributed by atoms with Crippen molar-refractivity contribution in [2.24, 2.45) is 0 Å². The normalized spacial score (nSPS) is 10.6. The topological polar surface area (TPSA) is 75.6 Å². The average Bonchev–Trinajstić information content (AvgIpc) is 2.13. The largest absolute Gasteiger partial charge is 0.396 e. The lowest BCUT2D eigenvalue weighted by molar-refractivity contribution is 0.286. The number of aliphatic hydroxyl groups is 1. The maximum atomic E-state index is 10.8. The van der Waals surface area contributed by atoms with Crippen molar-refractivity contribution < 1.29 is 17.7 Å². The van der Waals surface area contributed by atoms with E-state index in [2.05, 4.69) is 9.50 Å². The van der Waals surface area contributed by atoms with Crippen LogP contribution >= 0.6 is 0 Å². The van der Waals surface area contributed by atoms with Gasteiger partial charge in [0, 0.05) is 6.61 Å². The molecule has 0 saturated heterocycles. The van der Waals surface area contributed by atoms with Gasteiger partial charge in [0.15, 0.2) is 0 Å². The van der Waals surface area contributed by atoms with E-state index in [4.69, 9.17) is 5.11 Å². The third-order valence-corrected chi connectivity index (χ3v) is 2.33. The first-order valence-corrected chi connectivity index (χ1v) is 6.18. The Morgan fingerprint density at radius 3 is 2.21 bits per heavy atom. The molecule has 0 aliphatic rings. The minimum absolute atomic E-state index is 0.0938. The molecule has 0 unspecified atom stereocenters. The van der Waals surface area contributed by atoms with Gasteiger partial charge in [0.05, 0.1) is 12.4 Å². The Bertz CT molecular complexity index is 178. The summed E-state index contributed by atoms with van der Waals surface area (Å²) in [4.78, 5) is 0. The van der Waals surface area contributed by atoms with Crippen LogP contribution in [-0.4, -0.2) is 46.6 Å². The first-order chi connectivity index (χ1) is 6.54. The molecule has 0 aliphatic carbocycles. The second-order valence-corrected chi connectivity index (χ2v) is 4.42. The summed E-state index contributed by atoms with van der Waals surface area (Å²) in [6.07, 6.45) is 0.921. The van der Waals surface area contributed by atoms with Gasteiger partial charge in [-0.2, -0.15) is 8.42 Å². The number of nitrogens with one attached hydrogen (secondary N) is 1. The molecule has 0 aliphatic heterocycles. The van der Waals surface area contributed by atoms with Gasteiger partial charge in [0.2, 0.25) is 0 Å². The molecule has 0 aromatic carbocycles. The van der Waals surface area contributed by atoms with E-state index in [0.717, 1.165) is 0 Å². The van der Waals surface area contributed by atoms with Crippen molar-refractivity contribution in [1.29, 1.82) is 0 Å². The fraction of sp³-hybridized carbons (Fsp3) is 1.00. The van der Waals surface area contributed by atoms with Gasteiger partial charge in [0.1, 0.15) is 0 Å². The molecule has 0 bridgehead atoms. The fourth-order valence-electron chi connectivity index (χ4n) is 0.511. The van der Waals surface area contributed by atoms with Crippen LogP contribution < -0.4 is 5.32 Å². The molecule has 0 heterocycles. The van der Waals surface area contributed by atoms with E-state index in [-0.39, 0.29) is 25.4 Å². The van der Waals surface area contributed by atoms with Gasteiger partial charge >= 0.3 is 0 Å². The fourth-order valence-corrected chi connectivity index (χ4v) is 1.53. The van der Waals surface area contributed by atoms with E-state index in [0.29, 0.717) is 6.42 Å². The number of aliphatic hydroxyl groups excluding tert-OH is 1. The van der Waals surface area contributed by atoms with Gasteiger partial charge in [-0.25, -0.2) is 0 Å². The van der Waals surface area contributed by atoms with E-state index >= 15 is 0 Å². The molecule has 88 valence electrons. The van der Waals surface area contributed by atoms with Crippen molar-refractivity contribution in [1.82, 2.24) is 5.32 Å². The number of hydrogen-bond acceptors (Lipinski definition) is 5. The maximum absolute atomic E-state index is 10.8. The summed E-state index contributed by atoms with van der Waals surface area (Å²) in [6.45, 7) is 1.95. The Balaban J connectivity index is 0. The molecule has 5 nitrogen and oxygen atoms in total. The summed E-state index contributed by atoms with van der Waals surface area (Å²) in [6, 6.07) is 0. The van der Waals surface area contributed by atoms with Crippen LogP contribution in [-0.2, 0) is 14.3 Å². The highest BCUT2D eigenvalue weighted by molar-refractivity contribution is 7.86. The maximum Gasteiger partial charge on any atom is 0.267 e. The Kier molecular flexibility index (Phi) is 12.7. The standard InChI is InChI=1S/C6H14O4S.C2H7N/c1-2-5-10-11(8,9)6-3-4-7;1-3-2/h7H,2-6H2,1H3;3H,1-2H3. The van der Waals surface area contributed by atoms with Crippen molar-refractivity contribution in [3.8, 4) is 0 Å². The summed E-state index contributed by atoms with van der Waals surface area (Å²) in [5.74, 6) is -0.0938. The van der Waals surface area contributed by atoms with E-state index in [1.807, 2.05) is 21.0 Å². The molecule has 0 aromatic heterocycles. The van der Waals surface area contributed by atoms with Crippen LogP contribution in [0.1, 0.15) is 19.8 Å². The van der Waals surface area contributed by atoms with Crippen LogP contribution in [0.2, 0.25) is 0 Å². The van der Waals surface area contributed by atoms with E-state index in [1.165, 1.54) is 0 Å². The van der Waals surface area contributed by atoms with Crippen molar-refractivity contribution in [3.63, 3.8) is 0 Å². The summed E-state index contributed by atoms with van der Waals surface area (Å²) >= 11 is 0. The van der Waals surface area contributed by atoms with Crippen LogP contribution in [0.4, 0.5) is 0 Å². The van der Waals surface area contributed by atoms with Crippen molar-refractivity contribution >= 4 is 10.1 Å². The highest BCUT2D eigenvalue weighted by atomic mass is 32.2. The van der Waals surface area contributed by atoms with Gasteiger partial charge in [-0.05, 0) is 26.9 Å². The predicted molar refractivity (Wildman–Crippen MR) is 56.7 cm³/mol. The zero-order valence-electron chi connectivity index (χ0n) is 9.12. The summed E-state index contributed by atoms with van der Waals surface area (Å²) in [5.41, 5.74) is 0. The third-order valence-electron chi connectivity index (χ3n) is 1.02. The monoisotopic (exact) mass is 227 g/mol. The Labute approximate surface area is 86.6 Å².